The predicted molar refractivity (Wildman–Crippen MR) is 62.4 cm³/mol. The molecule has 3 heterocycles. The van der Waals surface area contributed by atoms with Crippen molar-refractivity contribution in [2.75, 3.05) is 32.9 Å². The fraction of sp³-hybridized carbons (Fsp3) is 1.00. The molecule has 0 saturated carbocycles. The van der Waals surface area contributed by atoms with Gasteiger partial charge < -0.3 is 14.8 Å². The zero-order valence-electron chi connectivity index (χ0n) is 10.0. The van der Waals surface area contributed by atoms with Crippen molar-refractivity contribution >= 4 is 0 Å². The molecule has 0 aromatic heterocycles. The summed E-state index contributed by atoms with van der Waals surface area (Å²) in [5.41, 5.74) is 0.0976. The van der Waals surface area contributed by atoms with Gasteiger partial charge in [0.15, 0.2) is 0 Å². The highest BCUT2D eigenvalue weighted by Gasteiger charge is 2.42. The molecule has 3 unspecified atom stereocenters. The summed E-state index contributed by atoms with van der Waals surface area (Å²) in [6.07, 6.45) is 6.37. The summed E-state index contributed by atoms with van der Waals surface area (Å²) >= 11 is 0. The lowest BCUT2D eigenvalue weighted by Crippen LogP contribution is -2.45. The van der Waals surface area contributed by atoms with E-state index in [4.69, 9.17) is 9.47 Å². The van der Waals surface area contributed by atoms with E-state index in [2.05, 4.69) is 5.32 Å². The highest BCUT2D eigenvalue weighted by Crippen LogP contribution is 2.40. The van der Waals surface area contributed by atoms with Gasteiger partial charge in [-0.1, -0.05) is 0 Å². The number of rotatable bonds is 1. The Labute approximate surface area is 97.9 Å². The van der Waals surface area contributed by atoms with E-state index < -0.39 is 0 Å². The van der Waals surface area contributed by atoms with Crippen molar-refractivity contribution in [3.05, 3.63) is 0 Å². The number of ether oxygens (including phenoxy) is 2. The molecule has 3 aliphatic heterocycles. The molecule has 0 amide bonds. The van der Waals surface area contributed by atoms with E-state index in [1.54, 1.807) is 0 Å². The van der Waals surface area contributed by atoms with Crippen LogP contribution in [0.2, 0.25) is 0 Å². The minimum Gasteiger partial charge on any atom is -0.378 e. The average molecular weight is 225 g/mol. The Bertz CT molecular complexity index is 232. The standard InChI is InChI=1S/C13H23NO2/c1-2-12(9-14-5-1)11-3-6-16-13(8-11)4-7-15-10-13/h11-12,14H,1-10H2. The first kappa shape index (κ1) is 11.0. The topological polar surface area (TPSA) is 30.5 Å². The molecule has 1 spiro atoms. The van der Waals surface area contributed by atoms with Crippen LogP contribution in [-0.4, -0.2) is 38.5 Å². The second-order valence-electron chi connectivity index (χ2n) is 5.69. The first-order valence-electron chi connectivity index (χ1n) is 6.80. The molecule has 92 valence electrons. The lowest BCUT2D eigenvalue weighted by Gasteiger charge is -2.41. The molecule has 3 heteroatoms. The van der Waals surface area contributed by atoms with Crippen molar-refractivity contribution in [2.45, 2.75) is 37.7 Å². The number of piperidine rings is 1. The van der Waals surface area contributed by atoms with Crippen LogP contribution in [0.3, 0.4) is 0 Å². The third kappa shape index (κ3) is 2.13. The average Bonchev–Trinajstić information content (AvgIpc) is 2.78. The van der Waals surface area contributed by atoms with E-state index in [1.165, 1.54) is 38.8 Å². The lowest BCUT2D eigenvalue weighted by atomic mass is 9.75. The van der Waals surface area contributed by atoms with Gasteiger partial charge in [-0.3, -0.25) is 0 Å². The van der Waals surface area contributed by atoms with Gasteiger partial charge in [0, 0.05) is 19.6 Å². The largest absolute Gasteiger partial charge is 0.378 e. The smallest absolute Gasteiger partial charge is 0.0939 e. The van der Waals surface area contributed by atoms with Crippen LogP contribution < -0.4 is 5.32 Å². The Morgan fingerprint density at radius 3 is 2.88 bits per heavy atom. The molecule has 1 N–H and O–H groups in total. The number of nitrogens with one attached hydrogen (secondary N) is 1. The van der Waals surface area contributed by atoms with Gasteiger partial charge in [0.05, 0.1) is 12.2 Å². The van der Waals surface area contributed by atoms with Crippen LogP contribution in [0.4, 0.5) is 0 Å². The van der Waals surface area contributed by atoms with Gasteiger partial charge in [-0.15, -0.1) is 0 Å². The fourth-order valence-electron chi connectivity index (χ4n) is 3.61. The normalized spacial score (nSPS) is 45.0. The van der Waals surface area contributed by atoms with Gasteiger partial charge in [0.1, 0.15) is 0 Å². The van der Waals surface area contributed by atoms with Crippen molar-refractivity contribution < 1.29 is 9.47 Å². The predicted octanol–water partition coefficient (Wildman–Crippen LogP) is 1.57. The van der Waals surface area contributed by atoms with E-state index >= 15 is 0 Å². The fourth-order valence-corrected chi connectivity index (χ4v) is 3.61. The summed E-state index contributed by atoms with van der Waals surface area (Å²) in [4.78, 5) is 0. The third-order valence-corrected chi connectivity index (χ3v) is 4.60. The summed E-state index contributed by atoms with van der Waals surface area (Å²) in [5, 5.41) is 3.54. The summed E-state index contributed by atoms with van der Waals surface area (Å²) in [6, 6.07) is 0. The first-order chi connectivity index (χ1) is 7.88. The Kier molecular flexibility index (Phi) is 3.18. The van der Waals surface area contributed by atoms with E-state index in [1.807, 2.05) is 0 Å². The third-order valence-electron chi connectivity index (χ3n) is 4.60. The molecule has 3 atom stereocenters. The lowest BCUT2D eigenvalue weighted by molar-refractivity contribution is -0.107. The Balaban J connectivity index is 1.62. The molecule has 3 nitrogen and oxygen atoms in total. The van der Waals surface area contributed by atoms with Crippen molar-refractivity contribution in [1.29, 1.82) is 0 Å². The van der Waals surface area contributed by atoms with Crippen molar-refractivity contribution in [3.8, 4) is 0 Å². The highest BCUT2D eigenvalue weighted by atomic mass is 16.6. The van der Waals surface area contributed by atoms with Crippen LogP contribution in [0.5, 0.6) is 0 Å². The minimum absolute atomic E-state index is 0.0976. The van der Waals surface area contributed by atoms with Crippen LogP contribution in [0, 0.1) is 11.8 Å². The highest BCUT2D eigenvalue weighted by molar-refractivity contribution is 4.92. The maximum atomic E-state index is 6.00. The monoisotopic (exact) mass is 225 g/mol. The number of hydrogen-bond donors (Lipinski definition) is 1. The van der Waals surface area contributed by atoms with Crippen molar-refractivity contribution in [2.24, 2.45) is 11.8 Å². The second kappa shape index (κ2) is 4.63. The molecule has 0 radical (unpaired) electrons. The van der Waals surface area contributed by atoms with E-state index in [-0.39, 0.29) is 5.60 Å². The SMILES string of the molecule is C1CNCC(C2CCOC3(CCOC3)C2)C1. The van der Waals surface area contributed by atoms with Crippen molar-refractivity contribution in [1.82, 2.24) is 5.32 Å². The van der Waals surface area contributed by atoms with E-state index in [9.17, 15) is 0 Å². The molecule has 3 fully saturated rings. The van der Waals surface area contributed by atoms with Gasteiger partial charge >= 0.3 is 0 Å². The summed E-state index contributed by atoms with van der Waals surface area (Å²) < 4.78 is 11.5. The van der Waals surface area contributed by atoms with E-state index in [0.717, 1.165) is 38.1 Å². The molecule has 3 rings (SSSR count). The Hall–Kier alpha value is -0.120. The minimum atomic E-state index is 0.0976. The van der Waals surface area contributed by atoms with Crippen LogP contribution in [0.1, 0.15) is 32.1 Å². The molecule has 0 aromatic carbocycles. The van der Waals surface area contributed by atoms with Gasteiger partial charge in [-0.25, -0.2) is 0 Å². The second-order valence-corrected chi connectivity index (χ2v) is 5.69. The summed E-state index contributed by atoms with van der Waals surface area (Å²) in [6.45, 7) is 5.12. The zero-order chi connectivity index (χ0) is 10.8. The maximum Gasteiger partial charge on any atom is 0.0939 e. The van der Waals surface area contributed by atoms with E-state index in [0.29, 0.717) is 0 Å². The molecule has 16 heavy (non-hydrogen) atoms. The maximum absolute atomic E-state index is 6.00. The van der Waals surface area contributed by atoms with Crippen molar-refractivity contribution in [3.63, 3.8) is 0 Å². The molecule has 0 bridgehead atoms. The molecule has 3 aliphatic rings. The Morgan fingerprint density at radius 1 is 1.12 bits per heavy atom. The molecule has 0 aromatic rings. The number of hydrogen-bond acceptors (Lipinski definition) is 3. The molecule has 0 aliphatic carbocycles. The molecule has 3 saturated heterocycles. The molecular formula is C13H23NO2. The Morgan fingerprint density at radius 2 is 2.12 bits per heavy atom. The zero-order valence-corrected chi connectivity index (χ0v) is 10.0. The molecular weight excluding hydrogens is 202 g/mol. The quantitative estimate of drug-likeness (QED) is 0.735. The first-order valence-corrected chi connectivity index (χ1v) is 6.80. The van der Waals surface area contributed by atoms with Crippen LogP contribution in [0.25, 0.3) is 0 Å². The van der Waals surface area contributed by atoms with Gasteiger partial charge in [0.2, 0.25) is 0 Å². The van der Waals surface area contributed by atoms with Gasteiger partial charge in [-0.2, -0.15) is 0 Å². The van der Waals surface area contributed by atoms with Crippen LogP contribution in [0.15, 0.2) is 0 Å². The van der Waals surface area contributed by atoms with Gasteiger partial charge in [-0.05, 0) is 50.6 Å². The summed E-state index contributed by atoms with van der Waals surface area (Å²) in [7, 11) is 0. The van der Waals surface area contributed by atoms with Gasteiger partial charge in [0.25, 0.3) is 0 Å². The van der Waals surface area contributed by atoms with Crippen LogP contribution >= 0.6 is 0 Å². The summed E-state index contributed by atoms with van der Waals surface area (Å²) in [5.74, 6) is 1.75. The van der Waals surface area contributed by atoms with Crippen LogP contribution in [-0.2, 0) is 9.47 Å².